The molecule has 12 heteroatoms. The van der Waals surface area contributed by atoms with Gasteiger partial charge in [-0.25, -0.2) is 4.79 Å². The largest absolute Gasteiger partial charge is 0.497 e. The Morgan fingerprint density at radius 2 is 1.77 bits per heavy atom. The Kier molecular flexibility index (Phi) is 10.5. The molecule has 1 saturated heterocycles. The smallest absolute Gasteiger partial charge is 0.330 e. The van der Waals surface area contributed by atoms with Crippen LogP contribution in [-0.2, 0) is 32.2 Å². The molecule has 0 spiro atoms. The number of H-pyrrole nitrogens is 1. The molecular formula is C28H33N5O7. The van der Waals surface area contributed by atoms with Crippen LogP contribution >= 0.6 is 0 Å². The summed E-state index contributed by atoms with van der Waals surface area (Å²) in [6.45, 7) is 0.854. The normalized spacial score (nSPS) is 21.1. The van der Waals surface area contributed by atoms with Gasteiger partial charge in [0, 0.05) is 30.8 Å². The molecule has 4 rings (SSSR count). The van der Waals surface area contributed by atoms with Crippen LogP contribution in [0.2, 0.25) is 0 Å². The summed E-state index contributed by atoms with van der Waals surface area (Å²) < 4.78 is 31.6. The predicted octanol–water partition coefficient (Wildman–Crippen LogP) is 3.72. The fourth-order valence-corrected chi connectivity index (χ4v) is 4.70. The lowest BCUT2D eigenvalue weighted by Gasteiger charge is -2.29. The van der Waals surface area contributed by atoms with E-state index in [-0.39, 0.29) is 6.61 Å². The molecule has 2 heterocycles. The third kappa shape index (κ3) is 7.38. The molecule has 0 amide bonds. The van der Waals surface area contributed by atoms with Gasteiger partial charge in [0.25, 0.3) is 5.56 Å². The van der Waals surface area contributed by atoms with Crippen molar-refractivity contribution in [3.8, 4) is 5.75 Å². The van der Waals surface area contributed by atoms with Gasteiger partial charge in [-0.1, -0.05) is 47.6 Å². The van der Waals surface area contributed by atoms with Crippen LogP contribution in [0.3, 0.4) is 0 Å². The van der Waals surface area contributed by atoms with Crippen molar-refractivity contribution < 1.29 is 23.7 Å². The summed E-state index contributed by atoms with van der Waals surface area (Å²) in [6.07, 6.45) is -0.943. The highest BCUT2D eigenvalue weighted by Gasteiger charge is 2.50. The van der Waals surface area contributed by atoms with Crippen LogP contribution in [0.15, 0.2) is 81.6 Å². The molecule has 0 saturated carbocycles. The van der Waals surface area contributed by atoms with E-state index in [1.807, 2.05) is 54.6 Å². The zero-order chi connectivity index (χ0) is 28.3. The van der Waals surface area contributed by atoms with Crippen LogP contribution in [0.25, 0.3) is 10.4 Å². The van der Waals surface area contributed by atoms with Gasteiger partial charge in [-0.15, -0.1) is 0 Å². The van der Waals surface area contributed by atoms with Crippen LogP contribution in [0.1, 0.15) is 30.2 Å². The summed E-state index contributed by atoms with van der Waals surface area (Å²) >= 11 is 0. The second kappa shape index (κ2) is 14.5. The van der Waals surface area contributed by atoms with Gasteiger partial charge in [0.1, 0.15) is 24.1 Å². The molecule has 5 atom stereocenters. The summed E-state index contributed by atoms with van der Waals surface area (Å²) in [4.78, 5) is 29.5. The lowest BCUT2D eigenvalue weighted by molar-refractivity contribution is -0.127. The molecule has 3 aromatic rings. The Hall–Kier alpha value is -3.93. The van der Waals surface area contributed by atoms with Crippen molar-refractivity contribution in [2.75, 3.05) is 20.8 Å². The van der Waals surface area contributed by atoms with E-state index in [0.717, 1.165) is 16.9 Å². The fourth-order valence-electron chi connectivity index (χ4n) is 4.70. The summed E-state index contributed by atoms with van der Waals surface area (Å²) in [5.74, 6) is 0.729. The van der Waals surface area contributed by atoms with Gasteiger partial charge >= 0.3 is 5.69 Å². The SMILES string of the molecule is COc1ccc(COC2C(OC)[C@H](n3ccc(=O)[nH]c3=O)O[C@@H]2[C@@H](CCCN=[N+]=[N-])OCc2ccccc2)cc1. The molecule has 0 bridgehead atoms. The zero-order valence-corrected chi connectivity index (χ0v) is 22.4. The maximum atomic E-state index is 12.7. The third-order valence-corrected chi connectivity index (χ3v) is 6.71. The van der Waals surface area contributed by atoms with Crippen LogP contribution in [0, 0.1) is 0 Å². The van der Waals surface area contributed by atoms with E-state index in [1.165, 1.54) is 23.9 Å². The Balaban J connectivity index is 1.63. The van der Waals surface area contributed by atoms with Crippen molar-refractivity contribution in [3.05, 3.63) is 109 Å². The summed E-state index contributed by atoms with van der Waals surface area (Å²) in [7, 11) is 3.12. The van der Waals surface area contributed by atoms with Crippen molar-refractivity contribution in [1.29, 1.82) is 0 Å². The van der Waals surface area contributed by atoms with Gasteiger partial charge in [0.2, 0.25) is 0 Å². The average Bonchev–Trinajstić information content (AvgIpc) is 3.34. The Morgan fingerprint density at radius 3 is 2.45 bits per heavy atom. The maximum Gasteiger partial charge on any atom is 0.330 e. The first-order chi connectivity index (χ1) is 19.5. The number of benzene rings is 2. The van der Waals surface area contributed by atoms with E-state index < -0.39 is 41.9 Å². The Labute approximate surface area is 231 Å². The number of azide groups is 1. The molecule has 2 unspecified atom stereocenters. The number of ether oxygens (including phenoxy) is 5. The first-order valence-corrected chi connectivity index (χ1v) is 12.9. The van der Waals surface area contributed by atoms with Crippen molar-refractivity contribution in [2.45, 2.75) is 56.7 Å². The van der Waals surface area contributed by atoms with Crippen LogP contribution in [-0.4, -0.2) is 54.7 Å². The van der Waals surface area contributed by atoms with E-state index >= 15 is 0 Å². The second-order valence-electron chi connectivity index (χ2n) is 9.26. The summed E-state index contributed by atoms with van der Waals surface area (Å²) in [6, 6.07) is 18.5. The number of nitrogens with zero attached hydrogens (tertiary/aromatic N) is 4. The molecule has 1 aliphatic heterocycles. The van der Waals surface area contributed by atoms with E-state index in [0.29, 0.717) is 26.0 Å². The quantitative estimate of drug-likeness (QED) is 0.139. The molecule has 1 aromatic heterocycles. The van der Waals surface area contributed by atoms with Gasteiger partial charge in [-0.2, -0.15) is 0 Å². The molecule has 40 heavy (non-hydrogen) atoms. The minimum atomic E-state index is -0.889. The van der Waals surface area contributed by atoms with Gasteiger partial charge < -0.3 is 23.7 Å². The average molecular weight is 552 g/mol. The number of rotatable bonds is 14. The summed E-state index contributed by atoms with van der Waals surface area (Å²) in [5, 5.41) is 3.65. The number of nitrogens with one attached hydrogen (secondary N) is 1. The van der Waals surface area contributed by atoms with E-state index in [4.69, 9.17) is 29.2 Å². The number of methoxy groups -OCH3 is 2. The molecule has 1 N–H and O–H groups in total. The Bertz CT molecular complexity index is 1370. The van der Waals surface area contributed by atoms with E-state index in [1.54, 1.807) is 7.11 Å². The zero-order valence-electron chi connectivity index (χ0n) is 22.4. The highest BCUT2D eigenvalue weighted by molar-refractivity contribution is 5.26. The topological polar surface area (TPSA) is 150 Å². The van der Waals surface area contributed by atoms with Crippen molar-refractivity contribution >= 4 is 0 Å². The van der Waals surface area contributed by atoms with Crippen molar-refractivity contribution in [1.82, 2.24) is 9.55 Å². The van der Waals surface area contributed by atoms with Gasteiger partial charge in [-0.3, -0.25) is 14.3 Å². The standard InChI is InChI=1S/C28H33N5O7/c1-36-21-12-10-20(11-13-21)18-39-25-24(40-27(26(25)37-2)33-16-14-23(34)31-28(33)35)22(9-6-15-30-32-29)38-17-19-7-4-3-5-8-19/h3-5,7-8,10-14,16,22,24-27H,6,9,15,17-18H2,1-2H3,(H,31,34,35)/t22-,24-,25?,26?,27-/m1/s1. The third-order valence-electron chi connectivity index (χ3n) is 6.71. The second-order valence-corrected chi connectivity index (χ2v) is 9.26. The molecule has 0 radical (unpaired) electrons. The lowest BCUT2D eigenvalue weighted by Crippen LogP contribution is -2.43. The van der Waals surface area contributed by atoms with Crippen LogP contribution < -0.4 is 16.0 Å². The molecule has 2 aromatic carbocycles. The molecule has 12 nitrogen and oxygen atoms in total. The summed E-state index contributed by atoms with van der Waals surface area (Å²) in [5.41, 5.74) is 9.47. The molecule has 1 aliphatic rings. The van der Waals surface area contributed by atoms with Gasteiger partial charge in [-0.05, 0) is 41.6 Å². The van der Waals surface area contributed by atoms with Gasteiger partial charge in [0.05, 0.1) is 26.4 Å². The van der Waals surface area contributed by atoms with Crippen LogP contribution in [0.4, 0.5) is 0 Å². The predicted molar refractivity (Wildman–Crippen MR) is 146 cm³/mol. The van der Waals surface area contributed by atoms with E-state index in [2.05, 4.69) is 15.0 Å². The number of hydrogen-bond donors (Lipinski definition) is 1. The van der Waals surface area contributed by atoms with Gasteiger partial charge in [0.15, 0.2) is 6.23 Å². The first-order valence-electron chi connectivity index (χ1n) is 12.9. The molecule has 1 fully saturated rings. The van der Waals surface area contributed by atoms with Crippen molar-refractivity contribution in [3.63, 3.8) is 0 Å². The molecule has 212 valence electrons. The first kappa shape index (κ1) is 29.1. The number of aromatic nitrogens is 2. The highest BCUT2D eigenvalue weighted by atomic mass is 16.6. The lowest BCUT2D eigenvalue weighted by atomic mass is 10.0. The number of aromatic amines is 1. The fraction of sp³-hybridized carbons (Fsp3) is 0.429. The molecular weight excluding hydrogens is 518 g/mol. The maximum absolute atomic E-state index is 12.7. The Morgan fingerprint density at radius 1 is 1.02 bits per heavy atom. The minimum absolute atomic E-state index is 0.242. The minimum Gasteiger partial charge on any atom is -0.497 e. The number of hydrogen-bond acceptors (Lipinski definition) is 8. The van der Waals surface area contributed by atoms with Crippen molar-refractivity contribution in [2.24, 2.45) is 5.11 Å². The molecule has 0 aliphatic carbocycles. The van der Waals surface area contributed by atoms with E-state index in [9.17, 15) is 9.59 Å². The monoisotopic (exact) mass is 551 g/mol. The highest BCUT2D eigenvalue weighted by Crippen LogP contribution is 2.37. The van der Waals surface area contributed by atoms with Crippen LogP contribution in [0.5, 0.6) is 5.75 Å².